The maximum Gasteiger partial charge on any atom is 0.416 e. The lowest BCUT2D eigenvalue weighted by atomic mass is 10.00. The van der Waals surface area contributed by atoms with Crippen LogP contribution >= 0.6 is 0 Å². The van der Waals surface area contributed by atoms with Gasteiger partial charge in [0.15, 0.2) is 5.65 Å². The van der Waals surface area contributed by atoms with Gasteiger partial charge in [-0.15, -0.1) is 0 Å². The number of aromatic hydroxyl groups is 1. The van der Waals surface area contributed by atoms with Crippen LogP contribution in [0.3, 0.4) is 0 Å². The van der Waals surface area contributed by atoms with Crippen LogP contribution in [0.5, 0.6) is 5.75 Å². The molecule has 0 aliphatic carbocycles. The highest BCUT2D eigenvalue weighted by atomic mass is 19.4. The van der Waals surface area contributed by atoms with Crippen LogP contribution in [0, 0.1) is 12.8 Å². The van der Waals surface area contributed by atoms with E-state index in [9.17, 15) is 28.2 Å². The molecular weight excluding hydrogens is 437 g/mol. The smallest absolute Gasteiger partial charge is 0.416 e. The molecule has 7 nitrogen and oxygen atoms in total. The van der Waals surface area contributed by atoms with E-state index >= 15 is 0 Å². The molecule has 2 N–H and O–H groups in total. The fraction of sp³-hybridized carbons (Fsp3) is 0.435. The largest absolute Gasteiger partial charge is 0.507 e. The van der Waals surface area contributed by atoms with Crippen LogP contribution in [0.15, 0.2) is 24.3 Å². The van der Waals surface area contributed by atoms with Gasteiger partial charge in [-0.2, -0.15) is 18.3 Å². The number of nitrogens with zero attached hydrogens (tertiary/aromatic N) is 4. The number of likely N-dealkylation sites (tertiary alicyclic amines) is 1. The number of amides is 1. The van der Waals surface area contributed by atoms with E-state index in [1.54, 1.807) is 28.6 Å². The average Bonchev–Trinajstić information content (AvgIpc) is 3.25. The number of aromatic nitrogens is 3. The number of benzene rings is 1. The molecule has 1 aromatic carbocycles. The fourth-order valence-electron chi connectivity index (χ4n) is 4.54. The minimum atomic E-state index is -4.57. The Hall–Kier alpha value is -3.14. The fourth-order valence-corrected chi connectivity index (χ4v) is 4.54. The van der Waals surface area contributed by atoms with Gasteiger partial charge in [0.2, 0.25) is 5.91 Å². The lowest BCUT2D eigenvalue weighted by Gasteiger charge is -2.15. The second kappa shape index (κ2) is 8.33. The van der Waals surface area contributed by atoms with Crippen LogP contribution in [-0.4, -0.2) is 48.9 Å². The molecule has 3 aromatic rings. The van der Waals surface area contributed by atoms with E-state index in [2.05, 4.69) is 10.1 Å². The van der Waals surface area contributed by atoms with Crippen LogP contribution < -0.4 is 0 Å². The predicted molar refractivity (Wildman–Crippen MR) is 115 cm³/mol. The number of aliphatic hydroxyl groups excluding tert-OH is 1. The van der Waals surface area contributed by atoms with E-state index in [0.717, 1.165) is 6.07 Å². The molecule has 0 saturated carbocycles. The molecule has 0 radical (unpaired) electrons. The molecule has 0 bridgehead atoms. The van der Waals surface area contributed by atoms with Crippen molar-refractivity contribution in [2.75, 3.05) is 13.1 Å². The first kappa shape index (κ1) is 23.0. The molecule has 2 aromatic heterocycles. The van der Waals surface area contributed by atoms with Crippen LogP contribution in [0.2, 0.25) is 0 Å². The van der Waals surface area contributed by atoms with Crippen molar-refractivity contribution in [1.82, 2.24) is 19.7 Å². The van der Waals surface area contributed by atoms with E-state index in [1.165, 1.54) is 6.92 Å². The Balaban J connectivity index is 1.74. The number of phenolic OH excluding ortho intramolecular Hbond substituents is 1. The standard InChI is InChI=1S/C23H25F3N4O3/c1-4-29-10-14(8-19(29)33)11-30-21(13(3)31)16-5-6-17(27-22(16)28-30)20-12(2)7-15(9-18(20)32)23(24,25)26/h5-7,9,13-14,31-32H,4,8,10-11H2,1-3H3. The van der Waals surface area contributed by atoms with Crippen molar-refractivity contribution in [1.29, 1.82) is 0 Å². The van der Waals surface area contributed by atoms with Crippen LogP contribution in [0.1, 0.15) is 43.2 Å². The second-order valence-electron chi connectivity index (χ2n) is 8.50. The summed E-state index contributed by atoms with van der Waals surface area (Å²) < 4.78 is 40.8. The first-order chi connectivity index (χ1) is 15.5. The summed E-state index contributed by atoms with van der Waals surface area (Å²) in [6, 6.07) is 4.94. The van der Waals surface area contributed by atoms with Gasteiger partial charge in [-0.25, -0.2) is 4.98 Å². The highest BCUT2D eigenvalue weighted by molar-refractivity contribution is 5.83. The summed E-state index contributed by atoms with van der Waals surface area (Å²) in [6.07, 6.45) is -5.01. The Labute approximate surface area is 188 Å². The summed E-state index contributed by atoms with van der Waals surface area (Å²) in [7, 11) is 0. The molecule has 2 unspecified atom stereocenters. The molecule has 3 heterocycles. The number of phenols is 1. The summed E-state index contributed by atoms with van der Waals surface area (Å²) >= 11 is 0. The van der Waals surface area contributed by atoms with Crippen LogP contribution in [0.25, 0.3) is 22.3 Å². The van der Waals surface area contributed by atoms with Gasteiger partial charge in [0, 0.05) is 42.9 Å². The third kappa shape index (κ3) is 4.27. The number of alkyl halides is 3. The molecule has 1 fully saturated rings. The Morgan fingerprint density at radius 3 is 2.58 bits per heavy atom. The number of hydrogen-bond donors (Lipinski definition) is 2. The Bertz CT molecular complexity index is 1200. The molecule has 1 aliphatic rings. The predicted octanol–water partition coefficient (Wildman–Crippen LogP) is 4.05. The number of pyridine rings is 1. The van der Waals surface area contributed by atoms with E-state index in [4.69, 9.17) is 0 Å². The summed E-state index contributed by atoms with van der Waals surface area (Å²) in [5.74, 6) is -0.384. The maximum absolute atomic E-state index is 13.1. The van der Waals surface area contributed by atoms with Crippen molar-refractivity contribution in [2.45, 2.75) is 46.0 Å². The number of aliphatic hydroxyl groups is 1. The van der Waals surface area contributed by atoms with Crippen molar-refractivity contribution in [3.05, 3.63) is 41.1 Å². The van der Waals surface area contributed by atoms with Gasteiger partial charge >= 0.3 is 6.18 Å². The first-order valence-corrected chi connectivity index (χ1v) is 10.7. The number of carbonyl (C=O) groups is 1. The van der Waals surface area contributed by atoms with E-state index in [0.29, 0.717) is 48.8 Å². The topological polar surface area (TPSA) is 91.5 Å². The third-order valence-electron chi connectivity index (χ3n) is 6.05. The second-order valence-corrected chi connectivity index (χ2v) is 8.50. The first-order valence-electron chi connectivity index (χ1n) is 10.7. The molecule has 33 heavy (non-hydrogen) atoms. The lowest BCUT2D eigenvalue weighted by molar-refractivity contribution is -0.137. The van der Waals surface area contributed by atoms with Gasteiger partial charge in [-0.3, -0.25) is 9.48 Å². The van der Waals surface area contributed by atoms with Gasteiger partial charge in [0.05, 0.1) is 23.1 Å². The highest BCUT2D eigenvalue weighted by Gasteiger charge is 2.33. The molecule has 4 rings (SSSR count). The Morgan fingerprint density at radius 1 is 1.27 bits per heavy atom. The minimum absolute atomic E-state index is 0.0462. The minimum Gasteiger partial charge on any atom is -0.507 e. The third-order valence-corrected chi connectivity index (χ3v) is 6.05. The van der Waals surface area contributed by atoms with Crippen molar-refractivity contribution in [2.24, 2.45) is 5.92 Å². The zero-order valence-corrected chi connectivity index (χ0v) is 18.5. The molecule has 0 spiro atoms. The summed E-state index contributed by atoms with van der Waals surface area (Å²) in [5.41, 5.74) is 0.626. The van der Waals surface area contributed by atoms with E-state index < -0.39 is 23.6 Å². The number of fused-ring (bicyclic) bond motifs is 1. The monoisotopic (exact) mass is 462 g/mol. The number of aryl methyl sites for hydroxylation is 1. The highest BCUT2D eigenvalue weighted by Crippen LogP contribution is 2.39. The average molecular weight is 462 g/mol. The van der Waals surface area contributed by atoms with Crippen LogP contribution in [-0.2, 0) is 17.5 Å². The number of rotatable bonds is 5. The van der Waals surface area contributed by atoms with Crippen molar-refractivity contribution in [3.63, 3.8) is 0 Å². The molecule has 1 amide bonds. The van der Waals surface area contributed by atoms with E-state index in [1.807, 2.05) is 6.92 Å². The number of hydrogen-bond acceptors (Lipinski definition) is 5. The number of halogens is 3. The van der Waals surface area contributed by atoms with Gasteiger partial charge < -0.3 is 15.1 Å². The molecule has 2 atom stereocenters. The van der Waals surface area contributed by atoms with E-state index in [-0.39, 0.29) is 28.6 Å². The zero-order chi connectivity index (χ0) is 24.1. The summed E-state index contributed by atoms with van der Waals surface area (Å²) in [6.45, 7) is 6.70. The molecule has 1 saturated heterocycles. The normalized spacial score (nSPS) is 17.8. The zero-order valence-electron chi connectivity index (χ0n) is 18.5. The van der Waals surface area contributed by atoms with Crippen molar-refractivity contribution < 1.29 is 28.2 Å². The number of carbonyl (C=O) groups excluding carboxylic acids is 1. The van der Waals surface area contributed by atoms with Gasteiger partial charge in [-0.05, 0) is 50.6 Å². The van der Waals surface area contributed by atoms with Crippen molar-refractivity contribution in [3.8, 4) is 17.0 Å². The Kier molecular flexibility index (Phi) is 5.81. The molecule has 10 heteroatoms. The quantitative estimate of drug-likeness (QED) is 0.597. The van der Waals surface area contributed by atoms with Crippen LogP contribution in [0.4, 0.5) is 13.2 Å². The van der Waals surface area contributed by atoms with Gasteiger partial charge in [0.1, 0.15) is 5.75 Å². The molecule has 176 valence electrons. The Morgan fingerprint density at radius 2 is 2.00 bits per heavy atom. The summed E-state index contributed by atoms with van der Waals surface area (Å²) in [5, 5.41) is 25.8. The van der Waals surface area contributed by atoms with Gasteiger partial charge in [0.25, 0.3) is 0 Å². The lowest BCUT2D eigenvalue weighted by Crippen LogP contribution is -2.25. The molecular formula is C23H25F3N4O3. The summed E-state index contributed by atoms with van der Waals surface area (Å²) in [4.78, 5) is 18.4. The molecule has 1 aliphatic heterocycles. The van der Waals surface area contributed by atoms with Gasteiger partial charge in [-0.1, -0.05) is 0 Å². The SMILES string of the molecule is CCN1CC(Cn2nc3nc(-c4c(C)cc(C(F)(F)F)cc4O)ccc3c2C(C)O)CC1=O. The maximum atomic E-state index is 13.1. The van der Waals surface area contributed by atoms with Crippen molar-refractivity contribution >= 4 is 16.9 Å².